The van der Waals surface area contributed by atoms with E-state index in [1.54, 1.807) is 6.07 Å². The van der Waals surface area contributed by atoms with Gasteiger partial charge < -0.3 is 9.88 Å². The molecule has 0 saturated carbocycles. The Morgan fingerprint density at radius 1 is 1.37 bits per heavy atom. The van der Waals surface area contributed by atoms with Crippen LogP contribution in [0.25, 0.3) is 22.4 Å². The second kappa shape index (κ2) is 4.31. The molecule has 0 unspecified atom stereocenters. The monoisotopic (exact) mass is 276 g/mol. The number of aromatic nitrogens is 3. The summed E-state index contributed by atoms with van der Waals surface area (Å²) >= 11 is 1.40. The van der Waals surface area contributed by atoms with Gasteiger partial charge in [-0.05, 0) is 30.6 Å². The van der Waals surface area contributed by atoms with Gasteiger partial charge in [0.2, 0.25) is 0 Å². The lowest BCUT2D eigenvalue weighted by Gasteiger charge is -2.04. The van der Waals surface area contributed by atoms with Gasteiger partial charge in [-0.1, -0.05) is 0 Å². The lowest BCUT2D eigenvalue weighted by atomic mass is 10.2. The van der Waals surface area contributed by atoms with E-state index in [0.29, 0.717) is 5.52 Å². The molecule has 0 radical (unpaired) electrons. The molecule has 6 heteroatoms. The van der Waals surface area contributed by atoms with Crippen LogP contribution in [0.5, 0.6) is 0 Å². The van der Waals surface area contributed by atoms with Crippen LogP contribution < -0.4 is 5.32 Å². The van der Waals surface area contributed by atoms with Crippen LogP contribution in [0.15, 0.2) is 18.2 Å². The molecular weight excluding hydrogens is 263 g/mol. The van der Waals surface area contributed by atoms with E-state index in [4.69, 9.17) is 0 Å². The number of hydrogen-bond acceptors (Lipinski definition) is 4. The number of rotatable bonds is 2. The molecule has 0 fully saturated rings. The molecule has 3 rings (SSSR count). The summed E-state index contributed by atoms with van der Waals surface area (Å²) < 4.78 is 19.6. The second-order valence-corrected chi connectivity index (χ2v) is 5.12. The highest BCUT2D eigenvalue weighted by molar-refractivity contribution is 7.10. The highest BCUT2D eigenvalue weighted by Gasteiger charge is 2.18. The summed E-state index contributed by atoms with van der Waals surface area (Å²) in [6.07, 6.45) is 0. The van der Waals surface area contributed by atoms with Crippen molar-refractivity contribution in [3.63, 3.8) is 0 Å². The number of aryl methyl sites for hydroxylation is 2. The van der Waals surface area contributed by atoms with Crippen molar-refractivity contribution in [1.82, 2.24) is 13.9 Å². The lowest BCUT2D eigenvalue weighted by Crippen LogP contribution is -1.96. The summed E-state index contributed by atoms with van der Waals surface area (Å²) in [6, 6.07) is 4.65. The predicted molar refractivity (Wildman–Crippen MR) is 76.1 cm³/mol. The Bertz CT molecular complexity index is 759. The van der Waals surface area contributed by atoms with Gasteiger partial charge in [-0.15, -0.1) is 0 Å². The van der Waals surface area contributed by atoms with Gasteiger partial charge >= 0.3 is 0 Å². The average molecular weight is 276 g/mol. The van der Waals surface area contributed by atoms with E-state index in [9.17, 15) is 4.39 Å². The molecule has 1 N–H and O–H groups in total. The molecule has 0 spiro atoms. The molecule has 0 aliphatic rings. The fourth-order valence-corrected chi connectivity index (χ4v) is 2.94. The Labute approximate surface area is 114 Å². The van der Waals surface area contributed by atoms with Gasteiger partial charge in [0.1, 0.15) is 16.6 Å². The van der Waals surface area contributed by atoms with Crippen LogP contribution in [-0.4, -0.2) is 21.0 Å². The molecular formula is C13H13FN4S. The summed E-state index contributed by atoms with van der Waals surface area (Å²) in [5, 5.41) is 4.10. The summed E-state index contributed by atoms with van der Waals surface area (Å²) in [6.45, 7) is 1.95. The molecule has 2 aromatic heterocycles. The number of anilines is 1. The molecule has 2 heterocycles. The molecule has 98 valence electrons. The van der Waals surface area contributed by atoms with E-state index in [0.717, 1.165) is 27.6 Å². The molecule has 3 aromatic rings. The summed E-state index contributed by atoms with van der Waals surface area (Å²) in [5.74, 6) is 0.530. The van der Waals surface area contributed by atoms with Crippen molar-refractivity contribution in [2.75, 3.05) is 12.4 Å². The standard InChI is InChI=1S/C13H13FN4S/c1-7-11(13(15-2)19-17-7)12-16-9-6-8(14)4-5-10(9)18(12)3/h4-6,15H,1-3H3. The van der Waals surface area contributed by atoms with Crippen LogP contribution in [0, 0.1) is 12.7 Å². The summed E-state index contributed by atoms with van der Waals surface area (Å²) in [4.78, 5) is 4.53. The highest BCUT2D eigenvalue weighted by atomic mass is 32.1. The van der Waals surface area contributed by atoms with E-state index < -0.39 is 0 Å². The molecule has 0 amide bonds. The number of halogens is 1. The van der Waals surface area contributed by atoms with Gasteiger partial charge in [0.15, 0.2) is 0 Å². The fraction of sp³-hybridized carbons (Fsp3) is 0.231. The third-order valence-corrected chi connectivity index (χ3v) is 4.11. The summed E-state index contributed by atoms with van der Waals surface area (Å²) in [5.41, 5.74) is 3.47. The maximum Gasteiger partial charge on any atom is 0.145 e. The molecule has 0 bridgehead atoms. The van der Waals surface area contributed by atoms with Crippen molar-refractivity contribution in [2.24, 2.45) is 7.05 Å². The first-order valence-corrected chi connectivity index (χ1v) is 6.65. The lowest BCUT2D eigenvalue weighted by molar-refractivity contribution is 0.629. The minimum absolute atomic E-state index is 0.272. The van der Waals surface area contributed by atoms with E-state index in [2.05, 4.69) is 14.7 Å². The van der Waals surface area contributed by atoms with Crippen molar-refractivity contribution in [3.8, 4) is 11.4 Å². The quantitative estimate of drug-likeness (QED) is 0.781. The van der Waals surface area contributed by atoms with Crippen molar-refractivity contribution < 1.29 is 4.39 Å². The second-order valence-electron chi connectivity index (χ2n) is 4.35. The molecule has 0 saturated heterocycles. The zero-order valence-corrected chi connectivity index (χ0v) is 11.7. The zero-order valence-electron chi connectivity index (χ0n) is 10.9. The van der Waals surface area contributed by atoms with Gasteiger partial charge in [-0.25, -0.2) is 9.37 Å². The van der Waals surface area contributed by atoms with Crippen molar-refractivity contribution in [2.45, 2.75) is 6.92 Å². The van der Waals surface area contributed by atoms with E-state index >= 15 is 0 Å². The van der Waals surface area contributed by atoms with Crippen LogP contribution >= 0.6 is 11.5 Å². The van der Waals surface area contributed by atoms with Crippen LogP contribution in [0.3, 0.4) is 0 Å². The summed E-state index contributed by atoms with van der Waals surface area (Å²) in [7, 11) is 3.79. The maximum absolute atomic E-state index is 13.3. The van der Waals surface area contributed by atoms with Gasteiger partial charge in [0.25, 0.3) is 0 Å². The zero-order chi connectivity index (χ0) is 13.6. The smallest absolute Gasteiger partial charge is 0.145 e. The predicted octanol–water partition coefficient (Wildman–Crippen LogP) is 3.19. The van der Waals surface area contributed by atoms with Crippen LogP contribution in [0.1, 0.15) is 5.69 Å². The number of benzene rings is 1. The van der Waals surface area contributed by atoms with Crippen LogP contribution in [0.4, 0.5) is 9.39 Å². The first kappa shape index (κ1) is 12.1. The van der Waals surface area contributed by atoms with E-state index in [1.165, 1.54) is 23.7 Å². The minimum atomic E-state index is -0.272. The van der Waals surface area contributed by atoms with Gasteiger partial charge in [-0.2, -0.15) is 4.37 Å². The largest absolute Gasteiger partial charge is 0.378 e. The molecule has 0 aliphatic carbocycles. The van der Waals surface area contributed by atoms with Crippen molar-refractivity contribution >= 4 is 27.6 Å². The minimum Gasteiger partial charge on any atom is -0.378 e. The Kier molecular flexibility index (Phi) is 2.74. The average Bonchev–Trinajstić information content (AvgIpc) is 2.90. The fourth-order valence-electron chi connectivity index (χ4n) is 2.20. The molecule has 0 atom stereocenters. The SMILES string of the molecule is CNc1snc(C)c1-c1nc2cc(F)ccc2n1C. The van der Waals surface area contributed by atoms with E-state index in [1.807, 2.05) is 25.6 Å². The van der Waals surface area contributed by atoms with Crippen molar-refractivity contribution in [1.29, 1.82) is 0 Å². The van der Waals surface area contributed by atoms with Gasteiger partial charge in [0.05, 0.1) is 22.3 Å². The Morgan fingerprint density at radius 3 is 2.89 bits per heavy atom. The van der Waals surface area contributed by atoms with Gasteiger partial charge in [0, 0.05) is 20.2 Å². The van der Waals surface area contributed by atoms with Crippen LogP contribution in [0.2, 0.25) is 0 Å². The van der Waals surface area contributed by atoms with Crippen LogP contribution in [-0.2, 0) is 7.05 Å². The topological polar surface area (TPSA) is 42.7 Å². The number of nitrogens with zero attached hydrogens (tertiary/aromatic N) is 3. The first-order chi connectivity index (χ1) is 9.11. The third-order valence-electron chi connectivity index (χ3n) is 3.16. The number of hydrogen-bond donors (Lipinski definition) is 1. The van der Waals surface area contributed by atoms with Gasteiger partial charge in [-0.3, -0.25) is 0 Å². The third kappa shape index (κ3) is 1.79. The first-order valence-electron chi connectivity index (χ1n) is 5.88. The maximum atomic E-state index is 13.3. The number of imidazole rings is 1. The molecule has 4 nitrogen and oxygen atoms in total. The highest BCUT2D eigenvalue weighted by Crippen LogP contribution is 2.35. The Hall–Kier alpha value is -1.95. The number of fused-ring (bicyclic) bond motifs is 1. The Balaban J connectivity index is 2.31. The molecule has 0 aliphatic heterocycles. The number of nitrogens with one attached hydrogen (secondary N) is 1. The Morgan fingerprint density at radius 2 is 2.16 bits per heavy atom. The van der Waals surface area contributed by atoms with Crippen molar-refractivity contribution in [3.05, 3.63) is 29.7 Å². The normalized spacial score (nSPS) is 11.2. The van der Waals surface area contributed by atoms with E-state index in [-0.39, 0.29) is 5.82 Å². The molecule has 1 aromatic carbocycles. The molecule has 19 heavy (non-hydrogen) atoms.